The predicted octanol–water partition coefficient (Wildman–Crippen LogP) is 2.87. The number of carbonyl (C=O) groups excluding carboxylic acids is 1. The van der Waals surface area contributed by atoms with Gasteiger partial charge in [-0.3, -0.25) is 9.59 Å². The fraction of sp³-hybridized carbons (Fsp3) is 0.0455. The van der Waals surface area contributed by atoms with E-state index in [-0.39, 0.29) is 29.0 Å². The number of carboxylic acids is 1. The van der Waals surface area contributed by atoms with Crippen LogP contribution in [-0.4, -0.2) is 28.6 Å². The van der Waals surface area contributed by atoms with Gasteiger partial charge in [-0.2, -0.15) is 0 Å². The lowest BCUT2D eigenvalue weighted by Gasteiger charge is -2.17. The van der Waals surface area contributed by atoms with Crippen molar-refractivity contribution < 1.29 is 24.2 Å². The second-order valence-electron chi connectivity index (χ2n) is 6.63. The van der Waals surface area contributed by atoms with Crippen LogP contribution in [0.25, 0.3) is 33.4 Å². The lowest BCUT2D eigenvalue weighted by Crippen LogP contribution is -2.22. The first-order valence-corrected chi connectivity index (χ1v) is 8.94. The summed E-state index contributed by atoms with van der Waals surface area (Å²) in [6, 6.07) is 13.2. The number of hydrogen-bond acceptors (Lipinski definition) is 6. The van der Waals surface area contributed by atoms with Crippen molar-refractivity contribution in [2.75, 3.05) is 11.9 Å². The van der Waals surface area contributed by atoms with Crippen LogP contribution in [0.5, 0.6) is 5.75 Å². The predicted molar refractivity (Wildman–Crippen MR) is 111 cm³/mol. The Bertz CT molecular complexity index is 1340. The molecule has 0 radical (unpaired) electrons. The standard InChI is InChI=1S/C22H16N2O6/c23-10-20(27)24-11-1-4-14(17(7-11)22(28)29)21-15-5-2-12(25)8-18(15)30-19-9-13(26)3-6-16(19)21/h1-9,25H,10,23H2,(H,24,27)(H,28,29). The molecule has 1 aliphatic heterocycles. The molecule has 1 amide bonds. The topological polar surface area (TPSA) is 143 Å². The zero-order valence-corrected chi connectivity index (χ0v) is 15.5. The summed E-state index contributed by atoms with van der Waals surface area (Å²) >= 11 is 0. The molecule has 0 atom stereocenters. The van der Waals surface area contributed by atoms with Gasteiger partial charge in [0.05, 0.1) is 12.1 Å². The van der Waals surface area contributed by atoms with Gasteiger partial charge in [-0.05, 0) is 42.0 Å². The number of carbonyl (C=O) groups is 2. The molecule has 1 aliphatic carbocycles. The average Bonchev–Trinajstić information content (AvgIpc) is 2.71. The van der Waals surface area contributed by atoms with E-state index in [1.54, 1.807) is 24.3 Å². The summed E-state index contributed by atoms with van der Waals surface area (Å²) in [5.74, 6) is -1.43. The number of hydrogen-bond donors (Lipinski definition) is 4. The quantitative estimate of drug-likeness (QED) is 0.383. The van der Waals surface area contributed by atoms with Crippen LogP contribution in [0.3, 0.4) is 0 Å². The first-order valence-electron chi connectivity index (χ1n) is 8.94. The second kappa shape index (κ2) is 7.34. The number of amides is 1. The molecule has 150 valence electrons. The molecule has 8 nitrogen and oxygen atoms in total. The average molecular weight is 404 g/mol. The van der Waals surface area contributed by atoms with Gasteiger partial charge in [-0.1, -0.05) is 6.07 Å². The molecule has 30 heavy (non-hydrogen) atoms. The van der Waals surface area contributed by atoms with E-state index in [1.807, 2.05) is 0 Å². The maximum absolute atomic E-state index is 12.0. The van der Waals surface area contributed by atoms with Crippen LogP contribution in [-0.2, 0) is 4.79 Å². The molecule has 0 spiro atoms. The Hall–Kier alpha value is -4.17. The molecule has 2 aromatic rings. The lowest BCUT2D eigenvalue weighted by molar-refractivity contribution is -0.114. The molecule has 0 fully saturated rings. The molecule has 1 heterocycles. The summed E-state index contributed by atoms with van der Waals surface area (Å²) < 4.78 is 5.78. The molecule has 0 saturated heterocycles. The van der Waals surface area contributed by atoms with E-state index in [0.29, 0.717) is 33.3 Å². The number of phenols is 1. The van der Waals surface area contributed by atoms with E-state index in [1.165, 1.54) is 30.3 Å². The Morgan fingerprint density at radius 1 is 1.00 bits per heavy atom. The van der Waals surface area contributed by atoms with Crippen LogP contribution >= 0.6 is 0 Å². The number of rotatable bonds is 4. The highest BCUT2D eigenvalue weighted by Gasteiger charge is 2.22. The molecular weight excluding hydrogens is 388 g/mol. The maximum Gasteiger partial charge on any atom is 0.336 e. The van der Waals surface area contributed by atoms with E-state index in [9.17, 15) is 24.6 Å². The SMILES string of the molecule is NCC(=O)Nc1ccc(-c2c3ccc(=O)cc-3oc3cc(O)ccc23)c(C(=O)O)c1. The molecule has 2 aliphatic rings. The molecule has 8 heteroatoms. The summed E-state index contributed by atoms with van der Waals surface area (Å²) in [5, 5.41) is 22.8. The summed E-state index contributed by atoms with van der Waals surface area (Å²) in [4.78, 5) is 35.4. The van der Waals surface area contributed by atoms with E-state index in [0.717, 1.165) is 0 Å². The van der Waals surface area contributed by atoms with Gasteiger partial charge in [0.2, 0.25) is 5.91 Å². The summed E-state index contributed by atoms with van der Waals surface area (Å²) in [7, 11) is 0. The van der Waals surface area contributed by atoms with Crippen LogP contribution in [0.2, 0.25) is 0 Å². The van der Waals surface area contributed by atoms with Crippen LogP contribution < -0.4 is 16.5 Å². The molecule has 0 aromatic heterocycles. The van der Waals surface area contributed by atoms with Gasteiger partial charge in [-0.15, -0.1) is 0 Å². The van der Waals surface area contributed by atoms with Crippen LogP contribution in [0, 0.1) is 0 Å². The third kappa shape index (κ3) is 3.36. The number of nitrogens with two attached hydrogens (primary N) is 1. The third-order valence-corrected chi connectivity index (χ3v) is 4.67. The number of anilines is 1. The molecule has 2 aromatic carbocycles. The maximum atomic E-state index is 12.0. The van der Waals surface area contributed by atoms with Crippen molar-refractivity contribution in [2.24, 2.45) is 5.73 Å². The molecule has 5 N–H and O–H groups in total. The van der Waals surface area contributed by atoms with Crippen molar-refractivity contribution in [2.45, 2.75) is 0 Å². The number of nitrogens with one attached hydrogen (secondary N) is 1. The van der Waals surface area contributed by atoms with E-state index in [4.69, 9.17) is 10.2 Å². The van der Waals surface area contributed by atoms with E-state index < -0.39 is 11.9 Å². The Kier molecular flexibility index (Phi) is 4.69. The van der Waals surface area contributed by atoms with Gasteiger partial charge in [0, 0.05) is 34.3 Å². The van der Waals surface area contributed by atoms with Crippen molar-refractivity contribution in [3.63, 3.8) is 0 Å². The first kappa shape index (κ1) is 19.2. The van der Waals surface area contributed by atoms with Gasteiger partial charge in [0.25, 0.3) is 0 Å². The van der Waals surface area contributed by atoms with Gasteiger partial charge < -0.3 is 25.7 Å². The fourth-order valence-electron chi connectivity index (χ4n) is 3.38. The van der Waals surface area contributed by atoms with Crippen molar-refractivity contribution in [3.05, 3.63) is 70.4 Å². The van der Waals surface area contributed by atoms with Gasteiger partial charge in [0.15, 0.2) is 5.43 Å². The second-order valence-corrected chi connectivity index (χ2v) is 6.63. The number of aromatic carboxylic acids is 1. The summed E-state index contributed by atoms with van der Waals surface area (Å²) in [5.41, 5.74) is 6.99. The van der Waals surface area contributed by atoms with Crippen LogP contribution in [0.1, 0.15) is 10.4 Å². The molecule has 0 unspecified atom stereocenters. The van der Waals surface area contributed by atoms with Gasteiger partial charge in [-0.25, -0.2) is 4.79 Å². The molecule has 0 saturated carbocycles. The molecule has 4 rings (SSSR count). The largest absolute Gasteiger partial charge is 0.508 e. The number of aromatic hydroxyl groups is 1. The Labute approximate surface area is 169 Å². The van der Waals surface area contributed by atoms with Crippen LogP contribution in [0.4, 0.5) is 5.69 Å². The Balaban J connectivity index is 2.06. The van der Waals surface area contributed by atoms with Crippen molar-refractivity contribution in [1.82, 2.24) is 0 Å². The zero-order chi connectivity index (χ0) is 21.4. The smallest absolute Gasteiger partial charge is 0.336 e. The number of carboxylic acid groups (broad SMARTS) is 1. The Morgan fingerprint density at radius 3 is 2.50 bits per heavy atom. The minimum atomic E-state index is -1.20. The summed E-state index contributed by atoms with van der Waals surface area (Å²) in [6.45, 7) is -0.235. The Morgan fingerprint density at radius 2 is 1.77 bits per heavy atom. The molecular formula is C22H16N2O6. The van der Waals surface area contributed by atoms with Crippen molar-refractivity contribution in [3.8, 4) is 28.2 Å². The third-order valence-electron chi connectivity index (χ3n) is 4.67. The number of fused-ring (bicyclic) bond motifs is 2. The van der Waals surface area contributed by atoms with E-state index >= 15 is 0 Å². The highest BCUT2D eigenvalue weighted by atomic mass is 16.4. The van der Waals surface area contributed by atoms with Gasteiger partial charge in [0.1, 0.15) is 17.1 Å². The number of phenolic OH excluding ortho intramolecular Hbond substituents is 1. The van der Waals surface area contributed by atoms with E-state index in [2.05, 4.69) is 5.32 Å². The number of benzene rings is 3. The zero-order valence-electron chi connectivity index (χ0n) is 15.5. The normalized spacial score (nSPS) is 11.0. The lowest BCUT2D eigenvalue weighted by atomic mass is 9.90. The van der Waals surface area contributed by atoms with Crippen molar-refractivity contribution >= 4 is 28.5 Å². The molecule has 0 bridgehead atoms. The highest BCUT2D eigenvalue weighted by molar-refractivity contribution is 6.08. The summed E-state index contributed by atoms with van der Waals surface area (Å²) in [6.07, 6.45) is 0. The minimum Gasteiger partial charge on any atom is -0.508 e. The van der Waals surface area contributed by atoms with Crippen LogP contribution in [0.15, 0.2) is 63.8 Å². The highest BCUT2D eigenvalue weighted by Crippen LogP contribution is 2.42. The van der Waals surface area contributed by atoms with Gasteiger partial charge >= 0.3 is 5.97 Å². The first-order chi connectivity index (χ1) is 14.4. The fourth-order valence-corrected chi connectivity index (χ4v) is 3.38. The minimum absolute atomic E-state index is 0.0341. The van der Waals surface area contributed by atoms with Crippen molar-refractivity contribution in [1.29, 1.82) is 0 Å². The monoisotopic (exact) mass is 404 g/mol.